The molecule has 1 saturated carbocycles. The summed E-state index contributed by atoms with van der Waals surface area (Å²) in [5.74, 6) is 0.122. The largest absolute Gasteiger partial charge is 0.492 e. The first kappa shape index (κ1) is 27.2. The monoisotopic (exact) mass is 549 g/mol. The predicted octanol–water partition coefficient (Wildman–Crippen LogP) is 4.48. The van der Waals surface area contributed by atoms with Crippen LogP contribution in [0.3, 0.4) is 0 Å². The van der Waals surface area contributed by atoms with E-state index in [4.69, 9.17) is 20.3 Å². The Bertz CT molecular complexity index is 1340. The molecule has 1 aliphatic carbocycles. The van der Waals surface area contributed by atoms with Crippen LogP contribution in [0.1, 0.15) is 53.9 Å². The Labute approximate surface area is 231 Å². The zero-order valence-electron chi connectivity index (χ0n) is 22.0. The first-order chi connectivity index (χ1) is 19.4. The van der Waals surface area contributed by atoms with Gasteiger partial charge in [0.25, 0.3) is 5.91 Å². The van der Waals surface area contributed by atoms with Gasteiger partial charge >= 0.3 is 5.97 Å². The Hall–Kier alpha value is -4.41. The zero-order chi connectivity index (χ0) is 28.1. The van der Waals surface area contributed by atoms with E-state index in [0.717, 1.165) is 31.4 Å². The molecule has 4 N–H and O–H groups in total. The van der Waals surface area contributed by atoms with Crippen LogP contribution in [-0.4, -0.2) is 53.3 Å². The highest BCUT2D eigenvalue weighted by Crippen LogP contribution is 2.38. The van der Waals surface area contributed by atoms with Crippen LogP contribution < -0.4 is 25.4 Å². The zero-order valence-corrected chi connectivity index (χ0v) is 22.0. The van der Waals surface area contributed by atoms with E-state index in [2.05, 4.69) is 15.3 Å². The Morgan fingerprint density at radius 1 is 1.10 bits per heavy atom. The summed E-state index contributed by atoms with van der Waals surface area (Å²) in [6.07, 6.45) is 3.99. The topological polar surface area (TPSA) is 140 Å². The van der Waals surface area contributed by atoms with Crippen molar-refractivity contribution in [3.8, 4) is 11.6 Å². The van der Waals surface area contributed by atoms with Gasteiger partial charge in [0.1, 0.15) is 36.2 Å². The number of carboxylic acid groups (broad SMARTS) is 1. The third-order valence-corrected chi connectivity index (χ3v) is 7.37. The molecule has 0 saturated heterocycles. The number of carbonyl (C=O) groups excluding carboxylic acids is 1. The summed E-state index contributed by atoms with van der Waals surface area (Å²) in [6.45, 7) is 1.18. The number of ether oxygens (including phenoxy) is 2. The van der Waals surface area contributed by atoms with Gasteiger partial charge in [-0.25, -0.2) is 4.39 Å². The third kappa shape index (κ3) is 6.41. The maximum atomic E-state index is 13.5. The van der Waals surface area contributed by atoms with Gasteiger partial charge in [0.15, 0.2) is 0 Å². The van der Waals surface area contributed by atoms with Crippen LogP contribution in [0.5, 0.6) is 11.6 Å². The van der Waals surface area contributed by atoms with E-state index in [-0.39, 0.29) is 60.5 Å². The Balaban J connectivity index is 1.21. The number of nitrogen functional groups attached to an aromatic ring is 1. The Morgan fingerprint density at radius 3 is 2.52 bits per heavy atom. The van der Waals surface area contributed by atoms with Crippen molar-refractivity contribution in [2.75, 3.05) is 42.3 Å². The Morgan fingerprint density at radius 2 is 1.82 bits per heavy atom. The number of aliphatic carboxylic acids is 1. The quantitative estimate of drug-likeness (QED) is 0.330. The van der Waals surface area contributed by atoms with E-state index in [0.29, 0.717) is 24.8 Å². The minimum Gasteiger partial charge on any atom is -0.492 e. The van der Waals surface area contributed by atoms with Gasteiger partial charge in [0.05, 0.1) is 13.1 Å². The maximum Gasteiger partial charge on any atom is 0.303 e. The number of hydrogen-bond acceptors (Lipinski definition) is 8. The maximum absolute atomic E-state index is 13.5. The van der Waals surface area contributed by atoms with Gasteiger partial charge in [-0.2, -0.15) is 9.97 Å². The number of hydrogen-bond donors (Lipinski definition) is 3. The minimum atomic E-state index is -0.730. The lowest BCUT2D eigenvalue weighted by molar-refractivity contribution is -0.138. The molecule has 5 rings (SSSR count). The van der Waals surface area contributed by atoms with Crippen molar-refractivity contribution in [1.82, 2.24) is 9.97 Å². The van der Waals surface area contributed by atoms with E-state index in [1.165, 1.54) is 17.7 Å². The number of nitrogens with one attached hydrogen (secondary N) is 1. The molecule has 2 aliphatic rings. The molecule has 10 nitrogen and oxygen atoms in total. The highest BCUT2D eigenvalue weighted by molar-refractivity contribution is 6.10. The molecule has 11 heteroatoms. The molecule has 1 aromatic heterocycles. The summed E-state index contributed by atoms with van der Waals surface area (Å²) in [5, 5.41) is 12.1. The second-order valence-electron chi connectivity index (χ2n) is 10.1. The molecule has 1 amide bonds. The predicted molar refractivity (Wildman–Crippen MR) is 147 cm³/mol. The number of benzene rings is 2. The molecule has 0 radical (unpaired) electrons. The van der Waals surface area contributed by atoms with Crippen molar-refractivity contribution in [2.45, 2.75) is 38.0 Å². The van der Waals surface area contributed by atoms with Crippen molar-refractivity contribution in [1.29, 1.82) is 0 Å². The van der Waals surface area contributed by atoms with Gasteiger partial charge in [0, 0.05) is 12.1 Å². The van der Waals surface area contributed by atoms with Gasteiger partial charge in [-0.3, -0.25) is 9.59 Å². The molecular formula is C29H32FN5O5. The lowest BCUT2D eigenvalue weighted by Crippen LogP contribution is -2.32. The molecule has 40 heavy (non-hydrogen) atoms. The van der Waals surface area contributed by atoms with Crippen LogP contribution in [0.25, 0.3) is 0 Å². The molecule has 1 fully saturated rings. The lowest BCUT2D eigenvalue weighted by atomic mass is 9.77. The van der Waals surface area contributed by atoms with Crippen LogP contribution >= 0.6 is 0 Å². The number of anilines is 3. The standard InChI is InChI=1S/C29H32FN5O5/c30-21-7-11-23(12-8-21)39-15-13-32-29-33-26(31)25-27(34-29)40-16-14-35(28(25)38)22-9-5-20(6-10-22)19-3-1-18(2-4-19)17-24(36)37/h5-12,18-19H,1-4,13-17H2,(H,36,37)(H3,31,32,33,34)/t18-,19-. The van der Waals surface area contributed by atoms with Gasteiger partial charge in [0.2, 0.25) is 11.8 Å². The van der Waals surface area contributed by atoms with E-state index >= 15 is 0 Å². The number of nitrogens with zero attached hydrogens (tertiary/aromatic N) is 3. The van der Waals surface area contributed by atoms with Crippen molar-refractivity contribution >= 4 is 29.3 Å². The highest BCUT2D eigenvalue weighted by atomic mass is 19.1. The van der Waals surface area contributed by atoms with Crippen LogP contribution in [0.4, 0.5) is 21.8 Å². The van der Waals surface area contributed by atoms with Crippen LogP contribution in [-0.2, 0) is 4.79 Å². The van der Waals surface area contributed by atoms with Crippen molar-refractivity contribution in [3.63, 3.8) is 0 Å². The second kappa shape index (κ2) is 12.2. The number of nitrogens with two attached hydrogens (primary N) is 1. The van der Waals surface area contributed by atoms with Crippen molar-refractivity contribution < 1.29 is 28.6 Å². The molecular weight excluding hydrogens is 517 g/mol. The normalized spacial score (nSPS) is 18.8. The molecule has 0 unspecified atom stereocenters. The van der Waals surface area contributed by atoms with Gasteiger partial charge in [-0.1, -0.05) is 12.1 Å². The molecule has 0 bridgehead atoms. The summed E-state index contributed by atoms with van der Waals surface area (Å²) < 4.78 is 24.4. The molecule has 0 atom stereocenters. The fraction of sp³-hybridized carbons (Fsp3) is 0.379. The highest BCUT2D eigenvalue weighted by Gasteiger charge is 2.30. The molecule has 1 aliphatic heterocycles. The second-order valence-corrected chi connectivity index (χ2v) is 10.1. The fourth-order valence-corrected chi connectivity index (χ4v) is 5.29. The van der Waals surface area contributed by atoms with Crippen molar-refractivity contribution in [3.05, 3.63) is 65.5 Å². The molecule has 2 heterocycles. The summed E-state index contributed by atoms with van der Waals surface area (Å²) in [4.78, 5) is 34.7. The van der Waals surface area contributed by atoms with Gasteiger partial charge in [-0.15, -0.1) is 0 Å². The summed E-state index contributed by atoms with van der Waals surface area (Å²) in [6, 6.07) is 13.7. The number of halogens is 1. The summed E-state index contributed by atoms with van der Waals surface area (Å²) >= 11 is 0. The number of aromatic nitrogens is 2. The molecule has 210 valence electrons. The van der Waals surface area contributed by atoms with Gasteiger partial charge < -0.3 is 30.5 Å². The number of carboxylic acids is 1. The van der Waals surface area contributed by atoms with E-state index in [1.54, 1.807) is 17.0 Å². The minimum absolute atomic E-state index is 0.0126. The van der Waals surface area contributed by atoms with Crippen LogP contribution in [0.2, 0.25) is 0 Å². The number of amides is 1. The fourth-order valence-electron chi connectivity index (χ4n) is 5.29. The van der Waals surface area contributed by atoms with E-state index in [9.17, 15) is 14.0 Å². The van der Waals surface area contributed by atoms with Crippen molar-refractivity contribution in [2.24, 2.45) is 5.92 Å². The first-order valence-corrected chi connectivity index (χ1v) is 13.4. The van der Waals surface area contributed by atoms with Crippen LogP contribution in [0.15, 0.2) is 48.5 Å². The smallest absolute Gasteiger partial charge is 0.303 e. The van der Waals surface area contributed by atoms with E-state index in [1.807, 2.05) is 24.3 Å². The summed E-state index contributed by atoms with van der Waals surface area (Å²) in [7, 11) is 0. The number of fused-ring (bicyclic) bond motifs is 1. The number of rotatable bonds is 9. The molecule has 0 spiro atoms. The third-order valence-electron chi connectivity index (χ3n) is 7.37. The average Bonchev–Trinajstić information content (AvgIpc) is 3.11. The molecule has 2 aromatic carbocycles. The lowest BCUT2D eigenvalue weighted by Gasteiger charge is -2.28. The average molecular weight is 550 g/mol. The summed E-state index contributed by atoms with van der Waals surface area (Å²) in [5.41, 5.74) is 8.23. The first-order valence-electron chi connectivity index (χ1n) is 13.4. The van der Waals surface area contributed by atoms with Crippen LogP contribution in [0, 0.1) is 11.7 Å². The Kier molecular flexibility index (Phi) is 8.28. The van der Waals surface area contributed by atoms with Gasteiger partial charge in [-0.05, 0) is 79.5 Å². The molecule has 3 aromatic rings. The number of carbonyl (C=O) groups is 2. The van der Waals surface area contributed by atoms with E-state index < -0.39 is 5.97 Å². The SMILES string of the molecule is Nc1nc(NCCOc2ccc(F)cc2)nc2c1C(=O)N(c1ccc([C@H]3CC[C@H](CC(=O)O)CC3)cc1)CCO2.